The molecule has 0 radical (unpaired) electrons. The van der Waals surface area contributed by atoms with E-state index < -0.39 is 0 Å². The van der Waals surface area contributed by atoms with E-state index in [1.54, 1.807) is 24.3 Å². The summed E-state index contributed by atoms with van der Waals surface area (Å²) in [5, 5.41) is 0. The number of rotatable bonds is 12. The van der Waals surface area contributed by atoms with Crippen LogP contribution >= 0.6 is 0 Å². The summed E-state index contributed by atoms with van der Waals surface area (Å²) in [7, 11) is 4.05. The summed E-state index contributed by atoms with van der Waals surface area (Å²) in [6.07, 6.45) is 3.30. The van der Waals surface area contributed by atoms with E-state index in [1.807, 2.05) is 44.4 Å². The summed E-state index contributed by atoms with van der Waals surface area (Å²) in [5.41, 5.74) is 5.47. The summed E-state index contributed by atoms with van der Waals surface area (Å²) in [6, 6.07) is 16.6. The van der Waals surface area contributed by atoms with Gasteiger partial charge in [-0.3, -0.25) is 20.4 Å². The van der Waals surface area contributed by atoms with Crippen LogP contribution in [-0.2, 0) is 4.79 Å². The molecule has 7 heteroatoms. The highest BCUT2D eigenvalue weighted by molar-refractivity contribution is 5.95. The lowest BCUT2D eigenvalue weighted by Crippen LogP contribution is -2.41. The molecule has 0 saturated heterocycles. The molecule has 0 bridgehead atoms. The third kappa shape index (κ3) is 8.23. The Labute approximate surface area is 190 Å². The molecule has 172 valence electrons. The molecule has 1 saturated carbocycles. The fraction of sp³-hybridized carbons (Fsp3) is 0.440. The predicted molar refractivity (Wildman–Crippen MR) is 123 cm³/mol. The van der Waals surface area contributed by atoms with Crippen molar-refractivity contribution >= 4 is 11.8 Å². The van der Waals surface area contributed by atoms with E-state index in [2.05, 4.69) is 15.8 Å². The first-order valence-corrected chi connectivity index (χ1v) is 11.2. The number of nitrogens with zero attached hydrogens (tertiary/aromatic N) is 1. The van der Waals surface area contributed by atoms with E-state index in [4.69, 9.17) is 9.47 Å². The number of para-hydroxylation sites is 1. The average Bonchev–Trinajstić information content (AvgIpc) is 3.53. The first-order valence-electron chi connectivity index (χ1n) is 11.2. The summed E-state index contributed by atoms with van der Waals surface area (Å²) in [5.74, 6) is 1.94. The number of hydrogen-bond donors (Lipinski definition) is 2. The van der Waals surface area contributed by atoms with Crippen molar-refractivity contribution in [3.05, 3.63) is 60.2 Å². The highest BCUT2D eigenvalue weighted by atomic mass is 16.5. The molecule has 0 aromatic heterocycles. The van der Waals surface area contributed by atoms with Crippen molar-refractivity contribution < 1.29 is 19.1 Å². The van der Waals surface area contributed by atoms with Gasteiger partial charge in [-0.1, -0.05) is 18.2 Å². The molecule has 7 nitrogen and oxygen atoms in total. The van der Waals surface area contributed by atoms with Gasteiger partial charge in [-0.05, 0) is 81.6 Å². The zero-order valence-electron chi connectivity index (χ0n) is 18.9. The second kappa shape index (κ2) is 12.1. The number of ether oxygens (including phenoxy) is 2. The van der Waals surface area contributed by atoms with Crippen LogP contribution in [-0.4, -0.2) is 50.6 Å². The molecule has 0 heterocycles. The quantitative estimate of drug-likeness (QED) is 0.392. The van der Waals surface area contributed by atoms with Gasteiger partial charge in [0.15, 0.2) is 0 Å². The maximum absolute atomic E-state index is 12.2. The van der Waals surface area contributed by atoms with Gasteiger partial charge in [-0.2, -0.15) is 0 Å². The van der Waals surface area contributed by atoms with E-state index >= 15 is 0 Å². The predicted octanol–water partition coefficient (Wildman–Crippen LogP) is 3.27. The maximum atomic E-state index is 12.2. The van der Waals surface area contributed by atoms with E-state index in [1.165, 1.54) is 0 Å². The van der Waals surface area contributed by atoms with Crippen molar-refractivity contribution in [3.8, 4) is 11.5 Å². The smallest absolute Gasteiger partial charge is 0.269 e. The van der Waals surface area contributed by atoms with Crippen LogP contribution in [0.15, 0.2) is 54.6 Å². The monoisotopic (exact) mass is 439 g/mol. The minimum atomic E-state index is -0.346. The molecule has 2 atom stereocenters. The van der Waals surface area contributed by atoms with E-state index in [-0.39, 0.29) is 11.8 Å². The van der Waals surface area contributed by atoms with Crippen LogP contribution < -0.4 is 20.3 Å². The van der Waals surface area contributed by atoms with Crippen molar-refractivity contribution in [2.45, 2.75) is 25.7 Å². The zero-order valence-corrected chi connectivity index (χ0v) is 18.9. The standard InChI is InChI=1S/C25H33N3O4/c1-28(2)14-6-15-31-23-11-9-19(10-12-23)25(30)27-26-24(29)18-21-17-20(21)13-16-32-22-7-4-3-5-8-22/h3-5,7-12,20-21H,6,13-18H2,1-2H3,(H,26,29)(H,27,30)/t20-,21+/m0/s1. The van der Waals surface area contributed by atoms with Gasteiger partial charge in [0.25, 0.3) is 5.91 Å². The van der Waals surface area contributed by atoms with Gasteiger partial charge in [0, 0.05) is 18.5 Å². The molecule has 1 aliphatic carbocycles. The summed E-state index contributed by atoms with van der Waals surface area (Å²) in [4.78, 5) is 26.5. The SMILES string of the molecule is CN(C)CCCOc1ccc(C(=O)NNC(=O)C[C@H]2C[C@@H]2CCOc2ccccc2)cc1. The molecule has 2 aromatic rings. The molecule has 32 heavy (non-hydrogen) atoms. The highest BCUT2D eigenvalue weighted by Crippen LogP contribution is 2.43. The Morgan fingerprint density at radius 2 is 1.59 bits per heavy atom. The molecule has 0 aliphatic heterocycles. The maximum Gasteiger partial charge on any atom is 0.269 e. The molecule has 2 aromatic carbocycles. The largest absolute Gasteiger partial charge is 0.494 e. The highest BCUT2D eigenvalue weighted by Gasteiger charge is 2.38. The molecule has 1 fully saturated rings. The van der Waals surface area contributed by atoms with Crippen molar-refractivity contribution in [1.29, 1.82) is 0 Å². The van der Waals surface area contributed by atoms with Gasteiger partial charge in [-0.25, -0.2) is 0 Å². The van der Waals surface area contributed by atoms with Gasteiger partial charge in [0.1, 0.15) is 11.5 Å². The van der Waals surface area contributed by atoms with Crippen molar-refractivity contribution in [2.75, 3.05) is 33.9 Å². The van der Waals surface area contributed by atoms with Gasteiger partial charge in [0.05, 0.1) is 13.2 Å². The van der Waals surface area contributed by atoms with Crippen LogP contribution in [0, 0.1) is 11.8 Å². The Hall–Kier alpha value is -3.06. The minimum absolute atomic E-state index is 0.171. The normalized spacial score (nSPS) is 17.0. The second-order valence-electron chi connectivity index (χ2n) is 8.44. The Morgan fingerprint density at radius 1 is 0.906 bits per heavy atom. The molecule has 0 unspecified atom stereocenters. The van der Waals surface area contributed by atoms with Crippen LogP contribution in [0.4, 0.5) is 0 Å². The number of carbonyl (C=O) groups excluding carboxylic acids is 2. The summed E-state index contributed by atoms with van der Waals surface area (Å²) in [6.45, 7) is 2.24. The number of carbonyl (C=O) groups is 2. The molecular formula is C25H33N3O4. The number of hydrazine groups is 1. The minimum Gasteiger partial charge on any atom is -0.494 e. The van der Waals surface area contributed by atoms with E-state index in [0.29, 0.717) is 37.0 Å². The first kappa shape index (κ1) is 23.6. The molecule has 1 aliphatic rings. The van der Waals surface area contributed by atoms with E-state index in [9.17, 15) is 9.59 Å². The van der Waals surface area contributed by atoms with Crippen LogP contribution in [0.2, 0.25) is 0 Å². The van der Waals surface area contributed by atoms with Crippen LogP contribution in [0.1, 0.15) is 36.0 Å². The zero-order chi connectivity index (χ0) is 22.8. The van der Waals surface area contributed by atoms with E-state index in [0.717, 1.165) is 37.3 Å². The topological polar surface area (TPSA) is 79.9 Å². The molecule has 2 amide bonds. The Bertz CT molecular complexity index is 855. The lowest BCUT2D eigenvalue weighted by molar-refractivity contribution is -0.122. The molecular weight excluding hydrogens is 406 g/mol. The molecule has 3 rings (SSSR count). The average molecular weight is 440 g/mol. The Morgan fingerprint density at radius 3 is 2.31 bits per heavy atom. The Balaban J connectivity index is 1.28. The summed E-state index contributed by atoms with van der Waals surface area (Å²) >= 11 is 0. The van der Waals surface area contributed by atoms with Gasteiger partial charge in [0.2, 0.25) is 5.91 Å². The van der Waals surface area contributed by atoms with Gasteiger partial charge in [-0.15, -0.1) is 0 Å². The Kier molecular flexibility index (Phi) is 8.92. The van der Waals surface area contributed by atoms with Crippen LogP contribution in [0.3, 0.4) is 0 Å². The number of nitrogens with one attached hydrogen (secondary N) is 2. The summed E-state index contributed by atoms with van der Waals surface area (Å²) < 4.78 is 11.4. The number of amides is 2. The van der Waals surface area contributed by atoms with Crippen molar-refractivity contribution in [1.82, 2.24) is 15.8 Å². The fourth-order valence-electron chi connectivity index (χ4n) is 3.52. The molecule has 0 spiro atoms. The third-order valence-electron chi connectivity index (χ3n) is 5.47. The lowest BCUT2D eigenvalue weighted by atomic mass is 10.2. The second-order valence-corrected chi connectivity index (χ2v) is 8.44. The van der Waals surface area contributed by atoms with Gasteiger partial charge < -0.3 is 14.4 Å². The van der Waals surface area contributed by atoms with Crippen LogP contribution in [0.25, 0.3) is 0 Å². The fourth-order valence-corrected chi connectivity index (χ4v) is 3.52. The molecule has 2 N–H and O–H groups in total. The number of benzene rings is 2. The lowest BCUT2D eigenvalue weighted by Gasteiger charge is -2.11. The van der Waals surface area contributed by atoms with Crippen molar-refractivity contribution in [3.63, 3.8) is 0 Å². The van der Waals surface area contributed by atoms with Gasteiger partial charge >= 0.3 is 0 Å². The third-order valence-corrected chi connectivity index (χ3v) is 5.47. The van der Waals surface area contributed by atoms with Crippen molar-refractivity contribution in [2.24, 2.45) is 11.8 Å². The number of hydrogen-bond acceptors (Lipinski definition) is 5. The van der Waals surface area contributed by atoms with Crippen LogP contribution in [0.5, 0.6) is 11.5 Å². The first-order chi connectivity index (χ1) is 15.5.